The van der Waals surface area contributed by atoms with Gasteiger partial charge in [0.25, 0.3) is 0 Å². The van der Waals surface area contributed by atoms with E-state index in [9.17, 15) is 4.79 Å². The number of nitrogens with zero attached hydrogens (tertiary/aromatic N) is 4. The Kier molecular flexibility index (Phi) is 6.61. The lowest BCUT2D eigenvalue weighted by Gasteiger charge is -2.11. The number of pyridine rings is 1. The number of anilines is 1. The Balaban J connectivity index is 1.58. The van der Waals surface area contributed by atoms with Gasteiger partial charge in [-0.15, -0.1) is 10.2 Å². The van der Waals surface area contributed by atoms with E-state index in [0.717, 1.165) is 25.9 Å². The molecule has 150 valence electrons. The topological polar surface area (TPSA) is 72.7 Å². The highest BCUT2D eigenvalue weighted by atomic mass is 79.9. The fourth-order valence-corrected chi connectivity index (χ4v) is 4.02. The number of aromatic nitrogens is 4. The van der Waals surface area contributed by atoms with Crippen molar-refractivity contribution in [2.75, 3.05) is 11.1 Å². The molecule has 0 radical (unpaired) electrons. The average Bonchev–Trinajstić information content (AvgIpc) is 3.19. The van der Waals surface area contributed by atoms with Gasteiger partial charge in [0.2, 0.25) is 5.91 Å². The van der Waals surface area contributed by atoms with Crippen LogP contribution in [0.3, 0.4) is 0 Å². The molecule has 0 atom stereocenters. The van der Waals surface area contributed by atoms with Crippen LogP contribution in [0, 0.1) is 0 Å². The summed E-state index contributed by atoms with van der Waals surface area (Å²) in [5.41, 5.74) is 2.55. The Morgan fingerprint density at radius 2 is 1.53 bits per heavy atom. The maximum Gasteiger partial charge on any atom is 0.234 e. The molecule has 1 N–H and O–H groups in total. The van der Waals surface area contributed by atoms with E-state index in [1.165, 1.54) is 11.8 Å². The third-order valence-electron chi connectivity index (χ3n) is 4.12. The van der Waals surface area contributed by atoms with Gasteiger partial charge in [0.15, 0.2) is 11.0 Å². The largest absolute Gasteiger partial charge is 0.325 e. The van der Waals surface area contributed by atoms with E-state index in [4.69, 9.17) is 0 Å². The van der Waals surface area contributed by atoms with E-state index < -0.39 is 0 Å². The maximum atomic E-state index is 12.4. The van der Waals surface area contributed by atoms with Crippen molar-refractivity contribution in [1.29, 1.82) is 0 Å². The minimum atomic E-state index is -0.113. The molecule has 0 bridgehead atoms. The van der Waals surface area contributed by atoms with Crippen LogP contribution in [-0.2, 0) is 4.79 Å². The number of hydrogen-bond acceptors (Lipinski definition) is 5. The number of amides is 1. The molecule has 0 aliphatic carbocycles. The van der Waals surface area contributed by atoms with Crippen molar-refractivity contribution in [3.63, 3.8) is 0 Å². The van der Waals surface area contributed by atoms with Gasteiger partial charge in [-0.25, -0.2) is 0 Å². The van der Waals surface area contributed by atoms with E-state index >= 15 is 0 Å². The first kappa shape index (κ1) is 20.8. The highest BCUT2D eigenvalue weighted by Crippen LogP contribution is 2.28. The van der Waals surface area contributed by atoms with E-state index in [1.807, 2.05) is 65.2 Å². The number of rotatable bonds is 6. The Morgan fingerprint density at radius 1 is 0.900 bits per heavy atom. The van der Waals surface area contributed by atoms with E-state index in [1.54, 1.807) is 12.4 Å². The zero-order chi connectivity index (χ0) is 20.9. The van der Waals surface area contributed by atoms with E-state index in [-0.39, 0.29) is 11.7 Å². The SMILES string of the molecule is O=C(CSc1nnc(-c2ccncc2)n1-c1ccc(Br)cc1)Nc1ccc(Br)cc1. The van der Waals surface area contributed by atoms with Crippen molar-refractivity contribution in [2.24, 2.45) is 0 Å². The summed E-state index contributed by atoms with van der Waals surface area (Å²) >= 11 is 8.19. The molecule has 4 rings (SSSR count). The van der Waals surface area contributed by atoms with Crippen molar-refractivity contribution in [2.45, 2.75) is 5.16 Å². The van der Waals surface area contributed by atoms with Crippen molar-refractivity contribution >= 4 is 55.2 Å². The van der Waals surface area contributed by atoms with Crippen LogP contribution >= 0.6 is 43.6 Å². The summed E-state index contributed by atoms with van der Waals surface area (Å²) in [5.74, 6) is 0.787. The molecule has 0 saturated carbocycles. The van der Waals surface area contributed by atoms with Crippen molar-refractivity contribution in [1.82, 2.24) is 19.7 Å². The first-order valence-electron chi connectivity index (χ1n) is 8.90. The Labute approximate surface area is 194 Å². The van der Waals surface area contributed by atoms with Gasteiger partial charge in [-0.05, 0) is 60.7 Å². The van der Waals surface area contributed by atoms with Gasteiger partial charge in [-0.1, -0.05) is 43.6 Å². The predicted octanol–water partition coefficient (Wildman–Crippen LogP) is 5.59. The lowest BCUT2D eigenvalue weighted by molar-refractivity contribution is -0.113. The quantitative estimate of drug-likeness (QED) is 0.320. The Morgan fingerprint density at radius 3 is 2.20 bits per heavy atom. The standard InChI is InChI=1S/C21H15Br2N5OS/c22-15-1-5-17(6-2-15)25-19(29)13-30-21-27-26-20(14-9-11-24-12-10-14)28(21)18-7-3-16(23)4-8-18/h1-12H,13H2,(H,25,29). The number of nitrogens with one attached hydrogen (secondary N) is 1. The molecule has 0 unspecified atom stereocenters. The third kappa shape index (κ3) is 4.97. The summed E-state index contributed by atoms with van der Waals surface area (Å²) < 4.78 is 3.88. The fraction of sp³-hybridized carbons (Fsp3) is 0.0476. The summed E-state index contributed by atoms with van der Waals surface area (Å²) in [5, 5.41) is 12.2. The first-order valence-corrected chi connectivity index (χ1v) is 11.5. The Hall–Kier alpha value is -2.49. The zero-order valence-corrected chi connectivity index (χ0v) is 19.5. The number of thioether (sulfide) groups is 1. The van der Waals surface area contributed by atoms with Gasteiger partial charge >= 0.3 is 0 Å². The molecule has 0 fully saturated rings. The second kappa shape index (κ2) is 9.55. The molecule has 2 heterocycles. The molecule has 4 aromatic rings. The molecule has 0 saturated heterocycles. The Bertz CT molecular complexity index is 1150. The smallest absolute Gasteiger partial charge is 0.234 e. The van der Waals surface area contributed by atoms with Crippen LogP contribution in [0.5, 0.6) is 0 Å². The van der Waals surface area contributed by atoms with Crippen LogP contribution in [-0.4, -0.2) is 31.4 Å². The van der Waals surface area contributed by atoms with Crippen molar-refractivity contribution < 1.29 is 4.79 Å². The monoisotopic (exact) mass is 543 g/mol. The van der Waals surface area contributed by atoms with Crippen LogP contribution in [0.1, 0.15) is 0 Å². The lowest BCUT2D eigenvalue weighted by atomic mass is 10.2. The van der Waals surface area contributed by atoms with Gasteiger partial charge in [0, 0.05) is 38.3 Å². The van der Waals surface area contributed by atoms with Crippen molar-refractivity contribution in [3.05, 3.63) is 82.0 Å². The van der Waals surface area contributed by atoms with Crippen LogP contribution in [0.15, 0.2) is 87.2 Å². The van der Waals surface area contributed by atoms with Crippen LogP contribution in [0.25, 0.3) is 17.1 Å². The molecule has 9 heteroatoms. The molecular weight excluding hydrogens is 530 g/mol. The van der Waals surface area contributed by atoms with Crippen LogP contribution in [0.4, 0.5) is 5.69 Å². The maximum absolute atomic E-state index is 12.4. The number of hydrogen-bond donors (Lipinski definition) is 1. The third-order valence-corrected chi connectivity index (χ3v) is 6.10. The summed E-state index contributed by atoms with van der Waals surface area (Å²) in [6.07, 6.45) is 3.43. The fourth-order valence-electron chi connectivity index (χ4n) is 2.73. The highest BCUT2D eigenvalue weighted by Gasteiger charge is 2.17. The predicted molar refractivity (Wildman–Crippen MR) is 126 cm³/mol. The molecule has 0 aliphatic rings. The van der Waals surface area contributed by atoms with Gasteiger partial charge in [-0.3, -0.25) is 14.3 Å². The minimum Gasteiger partial charge on any atom is -0.325 e. The first-order chi connectivity index (χ1) is 14.6. The average molecular weight is 545 g/mol. The van der Waals surface area contributed by atoms with E-state index in [2.05, 4.69) is 52.4 Å². The molecule has 1 amide bonds. The summed E-state index contributed by atoms with van der Waals surface area (Å²) in [6, 6.07) is 19.1. The normalized spacial score (nSPS) is 10.7. The molecule has 0 spiro atoms. The number of carbonyl (C=O) groups is 1. The molecule has 6 nitrogen and oxygen atoms in total. The van der Waals surface area contributed by atoms with Gasteiger partial charge < -0.3 is 5.32 Å². The minimum absolute atomic E-state index is 0.113. The zero-order valence-electron chi connectivity index (χ0n) is 15.5. The van der Waals surface area contributed by atoms with E-state index in [0.29, 0.717) is 11.0 Å². The molecule has 0 aliphatic heterocycles. The highest BCUT2D eigenvalue weighted by molar-refractivity contribution is 9.10. The summed E-state index contributed by atoms with van der Waals surface area (Å²) in [7, 11) is 0. The summed E-state index contributed by atoms with van der Waals surface area (Å²) in [4.78, 5) is 16.5. The molecule has 2 aromatic carbocycles. The second-order valence-electron chi connectivity index (χ2n) is 6.20. The number of halogens is 2. The van der Waals surface area contributed by atoms with Crippen molar-refractivity contribution in [3.8, 4) is 17.1 Å². The number of carbonyl (C=O) groups excluding carboxylic acids is 1. The molecule has 30 heavy (non-hydrogen) atoms. The lowest BCUT2D eigenvalue weighted by Crippen LogP contribution is -2.14. The van der Waals surface area contributed by atoms with Crippen LogP contribution < -0.4 is 5.32 Å². The molecule has 2 aromatic heterocycles. The second-order valence-corrected chi connectivity index (χ2v) is 8.97. The van der Waals surface area contributed by atoms with Crippen LogP contribution in [0.2, 0.25) is 0 Å². The molecular formula is C21H15Br2N5OS. The van der Waals surface area contributed by atoms with Gasteiger partial charge in [0.1, 0.15) is 0 Å². The van der Waals surface area contributed by atoms with Gasteiger partial charge in [0.05, 0.1) is 5.75 Å². The summed E-state index contributed by atoms with van der Waals surface area (Å²) in [6.45, 7) is 0. The number of benzene rings is 2. The van der Waals surface area contributed by atoms with Gasteiger partial charge in [-0.2, -0.15) is 0 Å².